The van der Waals surface area contributed by atoms with Gasteiger partial charge in [-0.2, -0.15) is 0 Å². The van der Waals surface area contributed by atoms with Crippen LogP contribution >= 0.6 is 15.9 Å². The lowest BCUT2D eigenvalue weighted by molar-refractivity contribution is 0.178. The number of aliphatic hydroxyl groups is 2. The largest absolute Gasteiger partial charge is 0.387 e. The summed E-state index contributed by atoms with van der Waals surface area (Å²) in [4.78, 5) is 2.38. The maximum Gasteiger partial charge on any atom is 0.132 e. The number of alkyl halides is 1. The Morgan fingerprint density at radius 3 is 1.92 bits per heavy atom. The van der Waals surface area contributed by atoms with E-state index in [9.17, 15) is 0 Å². The molecule has 5 nitrogen and oxygen atoms in total. The fraction of sp³-hybridized carbons (Fsp3) is 1.00. The predicted octanol–water partition coefficient (Wildman–Crippen LogP) is 2.13. The highest BCUT2D eigenvalue weighted by atomic mass is 79.9. The summed E-state index contributed by atoms with van der Waals surface area (Å²) in [5, 5.41) is 19.4. The lowest BCUT2D eigenvalue weighted by atomic mass is 10.5. The zero-order valence-electron chi connectivity index (χ0n) is 7.18. The molecular formula is C6H14BrN3O2. The minimum atomic E-state index is -0.843. The molecule has 0 saturated carbocycles. The molecule has 72 valence electrons. The molecule has 0 amide bonds. The molecule has 0 rings (SSSR count). The topological polar surface area (TPSA) is 89.2 Å². The van der Waals surface area contributed by atoms with Crippen LogP contribution in [0, 0.1) is 0 Å². The fourth-order valence-electron chi connectivity index (χ4n) is 0.141. The van der Waals surface area contributed by atoms with Gasteiger partial charge in [-0.15, -0.1) is 0 Å². The van der Waals surface area contributed by atoms with Gasteiger partial charge < -0.3 is 10.2 Å². The summed E-state index contributed by atoms with van der Waals surface area (Å²) in [6.07, 6.45) is 0.411. The molecule has 0 radical (unpaired) electrons. The fourth-order valence-corrected chi connectivity index (χ4v) is 0.141. The molecule has 0 aromatic carbocycles. The molecule has 0 aliphatic carbocycles. The average molecular weight is 240 g/mol. The quantitative estimate of drug-likeness (QED) is 0.342. The number of halogens is 1. The molecule has 12 heavy (non-hydrogen) atoms. The number of aliphatic hydroxyl groups excluding tert-OH is 2. The first-order valence-corrected chi connectivity index (χ1v) is 4.54. The highest BCUT2D eigenvalue weighted by Crippen LogP contribution is 1.95. The average Bonchev–Trinajstić information content (AvgIpc) is 2.06. The van der Waals surface area contributed by atoms with Gasteiger partial charge in [0.15, 0.2) is 0 Å². The smallest absolute Gasteiger partial charge is 0.132 e. The SMILES string of the molecule is CCC(O)Br.CCC(O)N=[N+]=[N-]. The van der Waals surface area contributed by atoms with Crippen LogP contribution in [-0.2, 0) is 0 Å². The number of nitrogens with zero attached hydrogens (tertiary/aromatic N) is 3. The zero-order valence-corrected chi connectivity index (χ0v) is 8.77. The highest BCUT2D eigenvalue weighted by Gasteiger charge is 1.89. The van der Waals surface area contributed by atoms with Crippen LogP contribution in [0.2, 0.25) is 0 Å². The van der Waals surface area contributed by atoms with Crippen LogP contribution in [0.5, 0.6) is 0 Å². The Morgan fingerprint density at radius 2 is 1.83 bits per heavy atom. The van der Waals surface area contributed by atoms with Crippen LogP contribution in [0.25, 0.3) is 10.4 Å². The minimum absolute atomic E-state index is 0.303. The van der Waals surface area contributed by atoms with E-state index in [1.54, 1.807) is 6.92 Å². The molecule has 0 aliphatic heterocycles. The lowest BCUT2D eigenvalue weighted by Crippen LogP contribution is -1.95. The second kappa shape index (κ2) is 10.7. The van der Waals surface area contributed by atoms with Gasteiger partial charge in [0.25, 0.3) is 0 Å². The third-order valence-corrected chi connectivity index (χ3v) is 1.53. The maximum atomic E-state index is 8.44. The van der Waals surface area contributed by atoms with Crippen molar-refractivity contribution in [3.8, 4) is 0 Å². The van der Waals surface area contributed by atoms with E-state index in [-0.39, 0.29) is 5.01 Å². The Bertz CT molecular complexity index is 137. The minimum Gasteiger partial charge on any atom is -0.387 e. The molecule has 2 N–H and O–H groups in total. The summed E-state index contributed by atoms with van der Waals surface area (Å²) in [5.41, 5.74) is 7.67. The maximum absolute atomic E-state index is 8.44. The monoisotopic (exact) mass is 239 g/mol. The summed E-state index contributed by atoms with van der Waals surface area (Å²) < 4.78 is 0. The van der Waals surface area contributed by atoms with Crippen molar-refractivity contribution < 1.29 is 10.2 Å². The first kappa shape index (κ1) is 14.2. The Morgan fingerprint density at radius 1 is 1.42 bits per heavy atom. The van der Waals surface area contributed by atoms with Gasteiger partial charge in [0.2, 0.25) is 0 Å². The molecular weight excluding hydrogens is 226 g/mol. The van der Waals surface area contributed by atoms with Gasteiger partial charge in [0.1, 0.15) is 11.2 Å². The van der Waals surface area contributed by atoms with Gasteiger partial charge in [-0.1, -0.05) is 34.9 Å². The second-order valence-corrected chi connectivity index (χ2v) is 2.99. The Hall–Kier alpha value is -0.290. The summed E-state index contributed by atoms with van der Waals surface area (Å²) in [6, 6.07) is 0. The molecule has 6 heteroatoms. The molecule has 0 heterocycles. The van der Waals surface area contributed by atoms with Crippen molar-refractivity contribution in [2.45, 2.75) is 37.9 Å². The van der Waals surface area contributed by atoms with Crippen LogP contribution in [0.15, 0.2) is 5.11 Å². The summed E-state index contributed by atoms with van der Waals surface area (Å²) in [5.74, 6) is 0. The molecule has 0 aromatic rings. The van der Waals surface area contributed by atoms with Crippen molar-refractivity contribution in [1.82, 2.24) is 0 Å². The Kier molecular flexibility index (Phi) is 12.7. The molecule has 0 saturated heterocycles. The van der Waals surface area contributed by atoms with Gasteiger partial charge in [0.05, 0.1) is 0 Å². The van der Waals surface area contributed by atoms with E-state index < -0.39 is 6.23 Å². The van der Waals surface area contributed by atoms with Gasteiger partial charge in [-0.3, -0.25) is 0 Å². The van der Waals surface area contributed by atoms with E-state index >= 15 is 0 Å². The van der Waals surface area contributed by atoms with Crippen LogP contribution in [0.1, 0.15) is 26.7 Å². The van der Waals surface area contributed by atoms with Crippen molar-refractivity contribution in [3.63, 3.8) is 0 Å². The molecule has 2 unspecified atom stereocenters. The molecule has 0 spiro atoms. The normalized spacial score (nSPS) is 13.4. The molecule has 0 aliphatic rings. The van der Waals surface area contributed by atoms with Crippen LogP contribution in [0.4, 0.5) is 0 Å². The summed E-state index contributed by atoms with van der Waals surface area (Å²) >= 11 is 2.93. The van der Waals surface area contributed by atoms with Crippen LogP contribution in [0.3, 0.4) is 0 Å². The van der Waals surface area contributed by atoms with Crippen LogP contribution in [-0.4, -0.2) is 21.5 Å². The van der Waals surface area contributed by atoms with Crippen molar-refractivity contribution in [3.05, 3.63) is 10.4 Å². The van der Waals surface area contributed by atoms with E-state index in [1.165, 1.54) is 0 Å². The van der Waals surface area contributed by atoms with E-state index in [4.69, 9.17) is 15.7 Å². The molecule has 0 bridgehead atoms. The summed E-state index contributed by atoms with van der Waals surface area (Å²) in [7, 11) is 0. The lowest BCUT2D eigenvalue weighted by Gasteiger charge is -1.91. The first-order valence-electron chi connectivity index (χ1n) is 3.62. The second-order valence-electron chi connectivity index (χ2n) is 1.94. The van der Waals surface area contributed by atoms with E-state index in [1.807, 2.05) is 6.92 Å². The van der Waals surface area contributed by atoms with Crippen LogP contribution < -0.4 is 0 Å². The third-order valence-electron chi connectivity index (χ3n) is 0.887. The third kappa shape index (κ3) is 16.4. The highest BCUT2D eigenvalue weighted by molar-refractivity contribution is 9.09. The number of rotatable bonds is 3. The van der Waals surface area contributed by atoms with Crippen molar-refractivity contribution in [2.75, 3.05) is 0 Å². The summed E-state index contributed by atoms with van der Waals surface area (Å²) in [6.45, 7) is 3.64. The molecule has 0 aromatic heterocycles. The van der Waals surface area contributed by atoms with Gasteiger partial charge in [-0.25, -0.2) is 0 Å². The van der Waals surface area contributed by atoms with Crippen molar-refractivity contribution >= 4 is 15.9 Å². The van der Waals surface area contributed by atoms with Gasteiger partial charge >= 0.3 is 0 Å². The van der Waals surface area contributed by atoms with Gasteiger partial charge in [0, 0.05) is 4.91 Å². The number of hydrogen-bond donors (Lipinski definition) is 2. The van der Waals surface area contributed by atoms with E-state index in [0.29, 0.717) is 6.42 Å². The predicted molar refractivity (Wildman–Crippen MR) is 50.7 cm³/mol. The van der Waals surface area contributed by atoms with E-state index in [0.717, 1.165) is 6.42 Å². The first-order chi connectivity index (χ1) is 5.58. The standard InChI is InChI=1S/C3H7BrO.C3H7N3O/c1-2-3(4)5;1-2-3(7)5-6-4/h3,5H,2H2,1H3;3,7H,2H2,1H3. The van der Waals surface area contributed by atoms with E-state index in [2.05, 4.69) is 26.0 Å². The van der Waals surface area contributed by atoms with Crippen molar-refractivity contribution in [2.24, 2.45) is 5.11 Å². The number of hydrogen-bond acceptors (Lipinski definition) is 3. The Balaban J connectivity index is 0. The number of azide groups is 1. The van der Waals surface area contributed by atoms with Gasteiger partial charge in [-0.05, 0) is 18.4 Å². The van der Waals surface area contributed by atoms with Crippen molar-refractivity contribution in [1.29, 1.82) is 0 Å². The molecule has 0 fully saturated rings. The zero-order chi connectivity index (χ0) is 9.98. The Labute approximate surface area is 80.2 Å². The molecule has 2 atom stereocenters.